The van der Waals surface area contributed by atoms with Crippen LogP contribution in [0.2, 0.25) is 0 Å². The van der Waals surface area contributed by atoms with Gasteiger partial charge in [-0.2, -0.15) is 0 Å². The summed E-state index contributed by atoms with van der Waals surface area (Å²) in [4.78, 5) is 33.5. The predicted molar refractivity (Wildman–Crippen MR) is 172 cm³/mol. The molecule has 0 bridgehead atoms. The number of carbonyl (C=O) groups is 2. The van der Waals surface area contributed by atoms with E-state index in [-0.39, 0.29) is 5.92 Å². The maximum atomic E-state index is 14.0. The van der Waals surface area contributed by atoms with Crippen LogP contribution in [-0.2, 0) is 9.63 Å². The normalized spacial score (nSPS) is 12.0. The van der Waals surface area contributed by atoms with Gasteiger partial charge in [0.15, 0.2) is 0 Å². The summed E-state index contributed by atoms with van der Waals surface area (Å²) in [7, 11) is 0. The molecule has 0 radical (unpaired) electrons. The molecule has 0 fully saturated rings. The van der Waals surface area contributed by atoms with Gasteiger partial charge in [-0.05, 0) is 54.7 Å². The molecule has 0 aliphatic carbocycles. The van der Waals surface area contributed by atoms with Gasteiger partial charge in [0.05, 0.1) is 17.9 Å². The summed E-state index contributed by atoms with van der Waals surface area (Å²) in [6.07, 6.45) is 13.0. The molecule has 0 aliphatic heterocycles. The number of carbonyl (C=O) groups excluding carboxylic acids is 2. The van der Waals surface area contributed by atoms with Crippen molar-refractivity contribution >= 4 is 23.6 Å². The second-order valence-electron chi connectivity index (χ2n) is 10.9. The Bertz CT molecular complexity index is 1240. The molecule has 0 aromatic heterocycles. The van der Waals surface area contributed by atoms with Gasteiger partial charge in [0.25, 0.3) is 5.91 Å². The Kier molecular flexibility index (Phi) is 14.4. The van der Waals surface area contributed by atoms with Gasteiger partial charge in [0.1, 0.15) is 5.75 Å². The zero-order chi connectivity index (χ0) is 30.0. The Labute approximate surface area is 252 Å². The van der Waals surface area contributed by atoms with Crippen molar-refractivity contribution in [2.75, 3.05) is 11.7 Å². The molecule has 1 atom stereocenters. The van der Waals surface area contributed by atoms with Gasteiger partial charge in [0.2, 0.25) is 0 Å². The van der Waals surface area contributed by atoms with Crippen LogP contribution in [0.5, 0.6) is 5.75 Å². The summed E-state index contributed by atoms with van der Waals surface area (Å²) in [5, 5.41) is 1.09. The van der Waals surface area contributed by atoms with Gasteiger partial charge < -0.3 is 9.57 Å². The van der Waals surface area contributed by atoms with Gasteiger partial charge in [0, 0.05) is 5.57 Å². The molecule has 0 saturated heterocycles. The lowest BCUT2D eigenvalue weighted by Gasteiger charge is -2.23. The summed E-state index contributed by atoms with van der Waals surface area (Å²) in [5.41, 5.74) is 2.24. The fraction of sp³-hybridized carbons (Fsp3) is 0.405. The lowest BCUT2D eigenvalue weighted by molar-refractivity contribution is -0.139. The molecule has 0 aliphatic rings. The summed E-state index contributed by atoms with van der Waals surface area (Å²) in [6.45, 7) is 6.97. The van der Waals surface area contributed by atoms with Crippen molar-refractivity contribution < 1.29 is 19.2 Å². The SMILES string of the molecule is CCCCCCCCCCOc1ccccc1C(=O)N(OC(=O)C(=Cc1ccccc1)CC(C)CC)c1ccccc1. The molecule has 1 amide bonds. The molecule has 5 nitrogen and oxygen atoms in total. The number of unbranched alkanes of at least 4 members (excludes halogenated alkanes) is 7. The summed E-state index contributed by atoms with van der Waals surface area (Å²) in [6, 6.07) is 25.9. The van der Waals surface area contributed by atoms with Crippen molar-refractivity contribution in [1.82, 2.24) is 0 Å². The third-order valence-corrected chi connectivity index (χ3v) is 7.39. The largest absolute Gasteiger partial charge is 0.493 e. The van der Waals surface area contributed by atoms with Crippen LogP contribution < -0.4 is 9.80 Å². The van der Waals surface area contributed by atoms with Gasteiger partial charge in [-0.1, -0.05) is 133 Å². The van der Waals surface area contributed by atoms with E-state index in [1.54, 1.807) is 30.3 Å². The van der Waals surface area contributed by atoms with E-state index in [9.17, 15) is 9.59 Å². The molecule has 1 unspecified atom stereocenters. The highest BCUT2D eigenvalue weighted by molar-refractivity contribution is 6.08. The fourth-order valence-corrected chi connectivity index (χ4v) is 4.68. The number of amides is 1. The van der Waals surface area contributed by atoms with Crippen LogP contribution in [0.15, 0.2) is 90.5 Å². The van der Waals surface area contributed by atoms with Crippen molar-refractivity contribution in [1.29, 1.82) is 0 Å². The standard InChI is InChI=1S/C37H47NO4/c1-4-6-7-8-9-10-11-20-27-41-35-26-19-18-25-34(35)36(39)38(33-23-16-13-17-24-33)42-37(40)32(28-30(3)5-2)29-31-21-14-12-15-22-31/h12-19,21-26,29-30H,4-11,20,27-28H2,1-3H3. The third-order valence-electron chi connectivity index (χ3n) is 7.39. The van der Waals surface area contributed by atoms with Crippen molar-refractivity contribution in [3.8, 4) is 5.75 Å². The fourth-order valence-electron chi connectivity index (χ4n) is 4.68. The van der Waals surface area contributed by atoms with Crippen LogP contribution in [0, 0.1) is 5.92 Å². The van der Waals surface area contributed by atoms with Crippen LogP contribution in [-0.4, -0.2) is 18.5 Å². The second-order valence-corrected chi connectivity index (χ2v) is 10.9. The quantitative estimate of drug-likeness (QED) is 0.0922. The first kappa shape index (κ1) is 32.7. The van der Waals surface area contributed by atoms with Crippen molar-refractivity contribution in [3.63, 3.8) is 0 Å². The van der Waals surface area contributed by atoms with E-state index < -0.39 is 11.9 Å². The van der Waals surface area contributed by atoms with Crippen LogP contribution in [0.3, 0.4) is 0 Å². The molecule has 5 heteroatoms. The minimum Gasteiger partial charge on any atom is -0.493 e. The van der Waals surface area contributed by atoms with Crippen LogP contribution in [0.25, 0.3) is 6.08 Å². The van der Waals surface area contributed by atoms with E-state index >= 15 is 0 Å². The van der Waals surface area contributed by atoms with Gasteiger partial charge in [-0.3, -0.25) is 4.79 Å². The van der Waals surface area contributed by atoms with Gasteiger partial charge in [-0.15, -0.1) is 5.06 Å². The Morgan fingerprint density at radius 3 is 2.02 bits per heavy atom. The number of hydrogen-bond acceptors (Lipinski definition) is 4. The summed E-state index contributed by atoms with van der Waals surface area (Å²) in [5.74, 6) is -0.238. The van der Waals surface area contributed by atoms with Crippen molar-refractivity contribution in [3.05, 3.63) is 102 Å². The lowest BCUT2D eigenvalue weighted by Crippen LogP contribution is -2.34. The molecule has 3 rings (SSSR count). The minimum absolute atomic E-state index is 0.277. The molecular formula is C37H47NO4. The first-order chi connectivity index (χ1) is 20.5. The molecule has 0 saturated carbocycles. The average molecular weight is 570 g/mol. The first-order valence-corrected chi connectivity index (χ1v) is 15.6. The molecule has 3 aromatic rings. The van der Waals surface area contributed by atoms with E-state index in [0.717, 1.165) is 29.9 Å². The summed E-state index contributed by atoms with van der Waals surface area (Å²) < 4.78 is 6.09. The van der Waals surface area contributed by atoms with E-state index in [1.807, 2.05) is 60.7 Å². The first-order valence-electron chi connectivity index (χ1n) is 15.6. The van der Waals surface area contributed by atoms with E-state index in [1.165, 1.54) is 38.5 Å². The Morgan fingerprint density at radius 2 is 1.36 bits per heavy atom. The van der Waals surface area contributed by atoms with Crippen LogP contribution in [0.4, 0.5) is 5.69 Å². The maximum Gasteiger partial charge on any atom is 0.359 e. The number of nitrogens with zero attached hydrogens (tertiary/aromatic N) is 1. The second kappa shape index (κ2) is 18.5. The Morgan fingerprint density at radius 1 is 0.762 bits per heavy atom. The van der Waals surface area contributed by atoms with E-state index in [2.05, 4.69) is 20.8 Å². The summed E-state index contributed by atoms with van der Waals surface area (Å²) >= 11 is 0. The number of ether oxygens (including phenoxy) is 1. The predicted octanol–water partition coefficient (Wildman–Crippen LogP) is 9.83. The smallest absolute Gasteiger partial charge is 0.359 e. The van der Waals surface area contributed by atoms with E-state index in [4.69, 9.17) is 9.57 Å². The number of rotatable bonds is 17. The molecule has 0 heterocycles. The van der Waals surface area contributed by atoms with Crippen molar-refractivity contribution in [2.45, 2.75) is 85.0 Å². The molecule has 3 aromatic carbocycles. The topological polar surface area (TPSA) is 55.8 Å². The van der Waals surface area contributed by atoms with Crippen LogP contribution >= 0.6 is 0 Å². The van der Waals surface area contributed by atoms with E-state index in [0.29, 0.717) is 35.6 Å². The number of para-hydroxylation sites is 2. The molecule has 0 spiro atoms. The van der Waals surface area contributed by atoms with Gasteiger partial charge in [-0.25, -0.2) is 4.79 Å². The number of anilines is 1. The Hall–Kier alpha value is -3.86. The monoisotopic (exact) mass is 569 g/mol. The average Bonchev–Trinajstić information content (AvgIpc) is 3.03. The number of hydrogen-bond donors (Lipinski definition) is 0. The molecule has 224 valence electrons. The maximum absolute atomic E-state index is 14.0. The third kappa shape index (κ3) is 10.8. The number of hydroxylamine groups is 1. The highest BCUT2D eigenvalue weighted by atomic mass is 16.7. The molecule has 0 N–H and O–H groups in total. The van der Waals surface area contributed by atoms with Crippen LogP contribution in [0.1, 0.15) is 101 Å². The number of benzene rings is 3. The zero-order valence-electron chi connectivity index (χ0n) is 25.6. The zero-order valence-corrected chi connectivity index (χ0v) is 25.6. The van der Waals surface area contributed by atoms with Gasteiger partial charge >= 0.3 is 5.97 Å². The highest BCUT2D eigenvalue weighted by Gasteiger charge is 2.27. The lowest BCUT2D eigenvalue weighted by atomic mass is 9.97. The highest BCUT2D eigenvalue weighted by Crippen LogP contribution is 2.26. The molecule has 42 heavy (non-hydrogen) atoms. The van der Waals surface area contributed by atoms with Crippen molar-refractivity contribution in [2.24, 2.45) is 5.92 Å². The molecular weight excluding hydrogens is 522 g/mol. The minimum atomic E-state index is -0.548. The Balaban J connectivity index is 1.76.